The SMILES string of the molecule is CCOc1cc(CN2C[C@@H]3CCOC[C@]3(CO)C2)cc(Cl)c1OCC. The van der Waals surface area contributed by atoms with Gasteiger partial charge in [-0.15, -0.1) is 0 Å². The minimum atomic E-state index is -0.115. The van der Waals surface area contributed by atoms with E-state index in [0.29, 0.717) is 42.3 Å². The van der Waals surface area contributed by atoms with Gasteiger partial charge in [0.1, 0.15) is 0 Å². The lowest BCUT2D eigenvalue weighted by molar-refractivity contribution is -0.0561. The van der Waals surface area contributed by atoms with E-state index in [2.05, 4.69) is 4.90 Å². The van der Waals surface area contributed by atoms with E-state index >= 15 is 0 Å². The van der Waals surface area contributed by atoms with Crippen molar-refractivity contribution in [2.45, 2.75) is 26.8 Å². The number of fused-ring (bicyclic) bond motifs is 1. The van der Waals surface area contributed by atoms with Crippen LogP contribution in [0.1, 0.15) is 25.8 Å². The summed E-state index contributed by atoms with van der Waals surface area (Å²) in [5.41, 5.74) is 0.986. The number of hydrogen-bond donors (Lipinski definition) is 1. The Balaban J connectivity index is 1.77. The molecule has 0 bridgehead atoms. The fourth-order valence-corrected chi connectivity index (χ4v) is 4.36. The first kappa shape index (κ1) is 18.8. The van der Waals surface area contributed by atoms with Gasteiger partial charge in [0.25, 0.3) is 0 Å². The predicted octanol–water partition coefficient (Wildman–Crippen LogP) is 2.97. The number of halogens is 1. The summed E-state index contributed by atoms with van der Waals surface area (Å²) in [7, 11) is 0. The lowest BCUT2D eigenvalue weighted by Crippen LogP contribution is -2.42. The van der Waals surface area contributed by atoms with Crippen molar-refractivity contribution in [3.8, 4) is 11.5 Å². The first-order chi connectivity index (χ1) is 12.1. The summed E-state index contributed by atoms with van der Waals surface area (Å²) in [6.07, 6.45) is 1.02. The lowest BCUT2D eigenvalue weighted by Gasteiger charge is -2.36. The van der Waals surface area contributed by atoms with Crippen molar-refractivity contribution >= 4 is 11.6 Å². The van der Waals surface area contributed by atoms with Gasteiger partial charge in [-0.05, 0) is 43.9 Å². The van der Waals surface area contributed by atoms with Crippen LogP contribution in [0.2, 0.25) is 5.02 Å². The van der Waals surface area contributed by atoms with Gasteiger partial charge in [0.2, 0.25) is 0 Å². The highest BCUT2D eigenvalue weighted by Crippen LogP contribution is 2.42. The Morgan fingerprint density at radius 3 is 2.80 bits per heavy atom. The summed E-state index contributed by atoms with van der Waals surface area (Å²) in [4.78, 5) is 2.39. The molecule has 1 aromatic carbocycles. The first-order valence-electron chi connectivity index (χ1n) is 9.11. The standard InChI is InChI=1S/C19H28ClNO4/c1-3-24-17-8-14(7-16(20)18(17)25-4-2)9-21-10-15-5-6-23-13-19(15,11-21)12-22/h7-8,15,22H,3-6,9-13H2,1-2H3/t15-,19+/m0/s1. The number of aliphatic hydroxyl groups excluding tert-OH is 1. The summed E-state index contributed by atoms with van der Waals surface area (Å²) in [6, 6.07) is 3.98. The van der Waals surface area contributed by atoms with Crippen LogP contribution in [0, 0.1) is 11.3 Å². The van der Waals surface area contributed by atoms with Crippen molar-refractivity contribution in [2.24, 2.45) is 11.3 Å². The third-order valence-corrected chi connectivity index (χ3v) is 5.54. The van der Waals surface area contributed by atoms with Crippen LogP contribution in [0.4, 0.5) is 0 Å². The van der Waals surface area contributed by atoms with E-state index in [4.69, 9.17) is 25.8 Å². The van der Waals surface area contributed by atoms with Gasteiger partial charge in [0.15, 0.2) is 11.5 Å². The van der Waals surface area contributed by atoms with Crippen LogP contribution < -0.4 is 9.47 Å². The highest BCUT2D eigenvalue weighted by molar-refractivity contribution is 6.32. The Kier molecular flexibility index (Phi) is 6.10. The first-order valence-corrected chi connectivity index (χ1v) is 9.48. The molecule has 0 radical (unpaired) electrons. The summed E-state index contributed by atoms with van der Waals surface area (Å²) < 4.78 is 17.0. The van der Waals surface area contributed by atoms with Gasteiger partial charge in [0.05, 0.1) is 31.5 Å². The number of benzene rings is 1. The van der Waals surface area contributed by atoms with E-state index in [0.717, 1.165) is 38.2 Å². The van der Waals surface area contributed by atoms with E-state index in [1.54, 1.807) is 0 Å². The molecule has 0 saturated carbocycles. The molecule has 2 heterocycles. The van der Waals surface area contributed by atoms with Crippen LogP contribution >= 0.6 is 11.6 Å². The highest BCUT2D eigenvalue weighted by Gasteiger charge is 2.47. The fourth-order valence-electron chi connectivity index (χ4n) is 4.07. The molecule has 5 nitrogen and oxygen atoms in total. The van der Waals surface area contributed by atoms with Crippen molar-refractivity contribution in [1.82, 2.24) is 4.90 Å². The van der Waals surface area contributed by atoms with Crippen LogP contribution in [-0.4, -0.2) is 56.1 Å². The van der Waals surface area contributed by atoms with Crippen molar-refractivity contribution < 1.29 is 19.3 Å². The molecule has 3 rings (SSSR count). The number of nitrogens with zero attached hydrogens (tertiary/aromatic N) is 1. The molecule has 1 N–H and O–H groups in total. The average Bonchev–Trinajstić information content (AvgIpc) is 2.96. The Labute approximate surface area is 154 Å². The van der Waals surface area contributed by atoms with Crippen LogP contribution in [0.5, 0.6) is 11.5 Å². The number of hydrogen-bond acceptors (Lipinski definition) is 5. The van der Waals surface area contributed by atoms with Gasteiger partial charge >= 0.3 is 0 Å². The second-order valence-electron chi connectivity index (χ2n) is 7.00. The topological polar surface area (TPSA) is 51.2 Å². The van der Waals surface area contributed by atoms with Gasteiger partial charge in [0, 0.05) is 31.7 Å². The third kappa shape index (κ3) is 3.90. The summed E-state index contributed by atoms with van der Waals surface area (Å²) >= 11 is 6.43. The minimum absolute atomic E-state index is 0.115. The molecular formula is C19H28ClNO4. The summed E-state index contributed by atoms with van der Waals surface area (Å²) in [5.74, 6) is 1.81. The molecule has 0 spiro atoms. The maximum Gasteiger partial charge on any atom is 0.179 e. The Morgan fingerprint density at radius 2 is 2.12 bits per heavy atom. The van der Waals surface area contributed by atoms with E-state index in [9.17, 15) is 5.11 Å². The van der Waals surface area contributed by atoms with Gasteiger partial charge < -0.3 is 19.3 Å². The molecule has 0 unspecified atom stereocenters. The van der Waals surface area contributed by atoms with Gasteiger partial charge in [-0.2, -0.15) is 0 Å². The molecule has 1 aromatic rings. The zero-order valence-corrected chi connectivity index (χ0v) is 15.8. The number of likely N-dealkylation sites (tertiary alicyclic amines) is 1. The van der Waals surface area contributed by atoms with Crippen molar-refractivity contribution in [2.75, 3.05) is 46.1 Å². The quantitative estimate of drug-likeness (QED) is 0.800. The second-order valence-corrected chi connectivity index (χ2v) is 7.41. The normalized spacial score (nSPS) is 26.5. The van der Waals surface area contributed by atoms with Crippen LogP contribution in [0.15, 0.2) is 12.1 Å². The molecule has 0 aliphatic carbocycles. The molecular weight excluding hydrogens is 342 g/mol. The lowest BCUT2D eigenvalue weighted by atomic mass is 9.76. The maximum absolute atomic E-state index is 9.93. The monoisotopic (exact) mass is 369 g/mol. The van der Waals surface area contributed by atoms with Crippen molar-refractivity contribution in [3.05, 3.63) is 22.7 Å². The van der Waals surface area contributed by atoms with Crippen LogP contribution in [-0.2, 0) is 11.3 Å². The highest BCUT2D eigenvalue weighted by atomic mass is 35.5. The molecule has 0 aromatic heterocycles. The smallest absolute Gasteiger partial charge is 0.179 e. The number of ether oxygens (including phenoxy) is 3. The Hall–Kier alpha value is -1.01. The zero-order chi connectivity index (χ0) is 17.9. The number of aliphatic hydroxyl groups is 1. The molecule has 2 fully saturated rings. The van der Waals surface area contributed by atoms with E-state index in [1.165, 1.54) is 0 Å². The predicted molar refractivity (Wildman–Crippen MR) is 97.5 cm³/mol. The Bertz CT molecular complexity index is 597. The molecule has 0 amide bonds. The molecule has 25 heavy (non-hydrogen) atoms. The minimum Gasteiger partial charge on any atom is -0.490 e. The zero-order valence-electron chi connectivity index (χ0n) is 15.1. The maximum atomic E-state index is 9.93. The van der Waals surface area contributed by atoms with Gasteiger partial charge in [-0.25, -0.2) is 0 Å². The molecule has 2 aliphatic rings. The van der Waals surface area contributed by atoms with Gasteiger partial charge in [-0.1, -0.05) is 11.6 Å². The van der Waals surface area contributed by atoms with Crippen molar-refractivity contribution in [1.29, 1.82) is 0 Å². The van der Waals surface area contributed by atoms with E-state index in [1.807, 2.05) is 26.0 Å². The Morgan fingerprint density at radius 1 is 1.32 bits per heavy atom. The number of rotatable bonds is 7. The molecule has 2 saturated heterocycles. The van der Waals surface area contributed by atoms with E-state index < -0.39 is 0 Å². The fraction of sp³-hybridized carbons (Fsp3) is 0.684. The average molecular weight is 370 g/mol. The molecule has 140 valence electrons. The second kappa shape index (κ2) is 8.12. The molecule has 6 heteroatoms. The van der Waals surface area contributed by atoms with Crippen LogP contribution in [0.25, 0.3) is 0 Å². The van der Waals surface area contributed by atoms with E-state index in [-0.39, 0.29) is 12.0 Å². The molecule has 2 aliphatic heterocycles. The van der Waals surface area contributed by atoms with Crippen LogP contribution in [0.3, 0.4) is 0 Å². The van der Waals surface area contributed by atoms with Crippen molar-refractivity contribution in [3.63, 3.8) is 0 Å². The summed E-state index contributed by atoms with van der Waals surface area (Å²) in [5, 5.41) is 10.5. The third-order valence-electron chi connectivity index (χ3n) is 5.26. The largest absolute Gasteiger partial charge is 0.490 e. The molecule has 2 atom stereocenters. The summed E-state index contributed by atoms with van der Waals surface area (Å²) in [6.45, 7) is 9.24. The van der Waals surface area contributed by atoms with Gasteiger partial charge in [-0.3, -0.25) is 4.90 Å².